The van der Waals surface area contributed by atoms with E-state index in [4.69, 9.17) is 0 Å². The van der Waals surface area contributed by atoms with Crippen LogP contribution in [0.5, 0.6) is 0 Å². The molecular weight excluding hydrogens is 350 g/mol. The van der Waals surface area contributed by atoms with Gasteiger partial charge in [0.1, 0.15) is 0 Å². The van der Waals surface area contributed by atoms with Crippen molar-refractivity contribution in [1.82, 2.24) is 14.1 Å². The number of likely N-dealkylation sites (N-methyl/N-ethyl adjacent to an activating group) is 2. The normalized spacial score (nSPS) is 18.8. The Bertz CT molecular complexity index is 718. The van der Waals surface area contributed by atoms with Crippen LogP contribution in [0.4, 0.5) is 0 Å². The molecule has 1 atom stereocenters. The zero-order chi connectivity index (χ0) is 19.3. The molecule has 0 saturated carbocycles. The van der Waals surface area contributed by atoms with Crippen molar-refractivity contribution in [1.29, 1.82) is 0 Å². The summed E-state index contributed by atoms with van der Waals surface area (Å²) < 4.78 is 28.1. The van der Waals surface area contributed by atoms with Gasteiger partial charge in [0, 0.05) is 31.2 Å². The van der Waals surface area contributed by atoms with Crippen LogP contribution < -0.4 is 0 Å². The Hall–Kier alpha value is -1.28. The minimum absolute atomic E-state index is 0.130. The number of carbonyl (C=O) groups excluding carboxylic acids is 1. The summed E-state index contributed by atoms with van der Waals surface area (Å²) in [4.78, 5) is 16.2. The number of likely N-dealkylation sites (tertiary alicyclic amines) is 1. The lowest BCUT2D eigenvalue weighted by Crippen LogP contribution is -2.45. The van der Waals surface area contributed by atoms with E-state index >= 15 is 0 Å². The fourth-order valence-corrected chi connectivity index (χ4v) is 4.91. The predicted octanol–water partition coefficient (Wildman–Crippen LogP) is 1.93. The average Bonchev–Trinajstić information content (AvgIpc) is 3.05. The number of carbonyl (C=O) groups is 1. The number of nitrogens with zero attached hydrogens (tertiary/aromatic N) is 3. The summed E-state index contributed by atoms with van der Waals surface area (Å²) in [5.41, 5.74) is 0.426. The lowest BCUT2D eigenvalue weighted by molar-refractivity contribution is 0.101. The van der Waals surface area contributed by atoms with Crippen molar-refractivity contribution in [3.63, 3.8) is 0 Å². The number of ketones is 1. The molecule has 0 amide bonds. The zero-order valence-electron chi connectivity index (χ0n) is 16.3. The Balaban J connectivity index is 2.30. The van der Waals surface area contributed by atoms with E-state index in [0.29, 0.717) is 25.2 Å². The summed E-state index contributed by atoms with van der Waals surface area (Å²) in [6.07, 6.45) is 2.13. The topological polar surface area (TPSA) is 60.9 Å². The molecule has 6 nitrogen and oxygen atoms in total. The van der Waals surface area contributed by atoms with Crippen LogP contribution in [0.25, 0.3) is 0 Å². The molecule has 1 aliphatic rings. The number of hydrogen-bond donors (Lipinski definition) is 0. The molecule has 0 unspecified atom stereocenters. The highest BCUT2D eigenvalue weighted by molar-refractivity contribution is 7.89. The van der Waals surface area contributed by atoms with Gasteiger partial charge in [-0.15, -0.1) is 0 Å². The van der Waals surface area contributed by atoms with Gasteiger partial charge in [0.2, 0.25) is 10.0 Å². The molecule has 1 heterocycles. The number of benzene rings is 1. The SMILES string of the molecule is CCN1CCC[C@H]1CN(CCN(C)C)S(=O)(=O)c1cccc(C(C)=O)c1. The third-order valence-electron chi connectivity index (χ3n) is 4.99. The maximum atomic E-state index is 13.3. The van der Waals surface area contributed by atoms with Crippen LogP contribution in [-0.4, -0.2) is 81.2 Å². The standard InChI is InChI=1S/C19H31N3O3S/c1-5-21-11-7-9-18(21)15-22(13-12-20(3)4)26(24,25)19-10-6-8-17(14-19)16(2)23/h6,8,10,14,18H,5,7,9,11-13,15H2,1-4H3/t18-/m0/s1. The van der Waals surface area contributed by atoms with E-state index in [0.717, 1.165) is 25.9 Å². The summed E-state index contributed by atoms with van der Waals surface area (Å²) in [7, 11) is 0.235. The molecular formula is C19H31N3O3S. The summed E-state index contributed by atoms with van der Waals surface area (Å²) in [6.45, 7) is 7.13. The number of sulfonamides is 1. The first-order valence-electron chi connectivity index (χ1n) is 9.25. The highest BCUT2D eigenvalue weighted by atomic mass is 32.2. The molecule has 0 N–H and O–H groups in total. The highest BCUT2D eigenvalue weighted by Crippen LogP contribution is 2.22. The Labute approximate surface area is 157 Å². The van der Waals surface area contributed by atoms with Crippen LogP contribution in [0.15, 0.2) is 29.2 Å². The lowest BCUT2D eigenvalue weighted by Gasteiger charge is -2.30. The van der Waals surface area contributed by atoms with Crippen molar-refractivity contribution in [3.05, 3.63) is 29.8 Å². The molecule has 146 valence electrons. The van der Waals surface area contributed by atoms with Gasteiger partial charge in [-0.25, -0.2) is 8.42 Å². The van der Waals surface area contributed by atoms with Crippen molar-refractivity contribution < 1.29 is 13.2 Å². The first-order valence-corrected chi connectivity index (χ1v) is 10.7. The molecule has 2 rings (SSSR count). The molecule has 1 aromatic carbocycles. The summed E-state index contributed by atoms with van der Waals surface area (Å²) >= 11 is 0. The molecule has 7 heteroatoms. The Morgan fingerprint density at radius 1 is 1.27 bits per heavy atom. The van der Waals surface area contributed by atoms with Crippen LogP contribution in [-0.2, 0) is 10.0 Å². The Morgan fingerprint density at radius 2 is 2.00 bits per heavy atom. The van der Waals surface area contributed by atoms with Crippen molar-refractivity contribution in [2.45, 2.75) is 37.6 Å². The summed E-state index contributed by atoms with van der Waals surface area (Å²) in [5, 5.41) is 0. The van der Waals surface area contributed by atoms with E-state index in [2.05, 4.69) is 11.8 Å². The monoisotopic (exact) mass is 381 g/mol. The van der Waals surface area contributed by atoms with Gasteiger partial charge in [-0.3, -0.25) is 9.69 Å². The largest absolute Gasteiger partial charge is 0.308 e. The second-order valence-electron chi connectivity index (χ2n) is 7.17. The average molecular weight is 382 g/mol. The molecule has 0 radical (unpaired) electrons. The van der Waals surface area contributed by atoms with Crippen LogP contribution in [0, 0.1) is 0 Å². The molecule has 1 saturated heterocycles. The fourth-order valence-electron chi connectivity index (χ4n) is 3.40. The van der Waals surface area contributed by atoms with Crippen molar-refractivity contribution >= 4 is 15.8 Å². The van der Waals surface area contributed by atoms with Crippen LogP contribution >= 0.6 is 0 Å². The first kappa shape index (κ1) is 21.0. The van der Waals surface area contributed by atoms with Gasteiger partial charge in [0.05, 0.1) is 4.90 Å². The van der Waals surface area contributed by atoms with Gasteiger partial charge in [-0.1, -0.05) is 19.1 Å². The second kappa shape index (κ2) is 9.08. The van der Waals surface area contributed by atoms with Gasteiger partial charge in [0.25, 0.3) is 0 Å². The highest BCUT2D eigenvalue weighted by Gasteiger charge is 2.31. The van der Waals surface area contributed by atoms with E-state index in [1.165, 1.54) is 13.0 Å². The predicted molar refractivity (Wildman–Crippen MR) is 104 cm³/mol. The van der Waals surface area contributed by atoms with Crippen LogP contribution in [0.3, 0.4) is 0 Å². The molecule has 0 spiro atoms. The van der Waals surface area contributed by atoms with Crippen molar-refractivity contribution in [2.24, 2.45) is 0 Å². The Morgan fingerprint density at radius 3 is 2.62 bits per heavy atom. The van der Waals surface area contributed by atoms with Gasteiger partial charge in [0.15, 0.2) is 5.78 Å². The van der Waals surface area contributed by atoms with E-state index in [9.17, 15) is 13.2 Å². The van der Waals surface area contributed by atoms with Crippen molar-refractivity contribution in [2.75, 3.05) is 46.8 Å². The van der Waals surface area contributed by atoms with E-state index < -0.39 is 10.0 Å². The number of hydrogen-bond acceptors (Lipinski definition) is 5. The minimum Gasteiger partial charge on any atom is -0.308 e. The second-order valence-corrected chi connectivity index (χ2v) is 9.11. The third kappa shape index (κ3) is 5.13. The first-order chi connectivity index (χ1) is 12.3. The van der Waals surface area contributed by atoms with E-state index in [1.807, 2.05) is 19.0 Å². The van der Waals surface area contributed by atoms with Crippen LogP contribution in [0.1, 0.15) is 37.0 Å². The smallest absolute Gasteiger partial charge is 0.243 e. The molecule has 1 fully saturated rings. The summed E-state index contributed by atoms with van der Waals surface area (Å²) in [5.74, 6) is -0.130. The molecule has 26 heavy (non-hydrogen) atoms. The van der Waals surface area contributed by atoms with Gasteiger partial charge < -0.3 is 4.90 Å². The maximum Gasteiger partial charge on any atom is 0.243 e. The zero-order valence-corrected chi connectivity index (χ0v) is 17.1. The number of Topliss-reactive ketones (excluding diaryl/α,β-unsaturated/α-hetero) is 1. The summed E-state index contributed by atoms with van der Waals surface area (Å²) in [6, 6.07) is 6.62. The van der Waals surface area contributed by atoms with Gasteiger partial charge in [-0.2, -0.15) is 4.31 Å². The molecule has 1 aromatic rings. The lowest BCUT2D eigenvalue weighted by atomic mass is 10.2. The van der Waals surface area contributed by atoms with E-state index in [1.54, 1.807) is 22.5 Å². The third-order valence-corrected chi connectivity index (χ3v) is 6.86. The minimum atomic E-state index is -3.64. The number of rotatable bonds is 9. The fraction of sp³-hybridized carbons (Fsp3) is 0.632. The molecule has 0 bridgehead atoms. The van der Waals surface area contributed by atoms with Crippen LogP contribution in [0.2, 0.25) is 0 Å². The van der Waals surface area contributed by atoms with Crippen molar-refractivity contribution in [3.8, 4) is 0 Å². The molecule has 0 aromatic heterocycles. The Kier molecular flexibility index (Phi) is 7.34. The molecule has 1 aliphatic heterocycles. The van der Waals surface area contributed by atoms with Gasteiger partial charge in [-0.05, 0) is 59.1 Å². The maximum absolute atomic E-state index is 13.3. The quantitative estimate of drug-likeness (QED) is 0.612. The van der Waals surface area contributed by atoms with Gasteiger partial charge >= 0.3 is 0 Å². The van der Waals surface area contributed by atoms with E-state index in [-0.39, 0.29) is 16.7 Å². The molecule has 0 aliphatic carbocycles.